The first-order valence-electron chi connectivity index (χ1n) is 6.82. The van der Waals surface area contributed by atoms with Gasteiger partial charge in [-0.1, -0.05) is 19.9 Å². The number of esters is 1. The van der Waals surface area contributed by atoms with Crippen molar-refractivity contribution >= 4 is 5.97 Å². The standard InChI is InChI=1S/C16H22O3/c1-10(2)12-7-8-16(3,18)14-6-5-11(9-13(12)14)15(17)19-4/h5-6,9-10,12,18H,7-8H2,1-4H3/t12-,16-/m0/s1. The van der Waals surface area contributed by atoms with E-state index < -0.39 is 5.60 Å². The van der Waals surface area contributed by atoms with Crippen LogP contribution >= 0.6 is 0 Å². The van der Waals surface area contributed by atoms with Crippen molar-refractivity contribution in [1.29, 1.82) is 0 Å². The number of fused-ring (bicyclic) bond motifs is 1. The van der Waals surface area contributed by atoms with E-state index >= 15 is 0 Å². The van der Waals surface area contributed by atoms with E-state index in [-0.39, 0.29) is 5.97 Å². The SMILES string of the molecule is COC(=O)c1ccc2c(c1)[C@H](C(C)C)CC[C@]2(C)O. The number of ether oxygens (including phenoxy) is 1. The first-order valence-corrected chi connectivity index (χ1v) is 6.82. The Hall–Kier alpha value is -1.35. The minimum absolute atomic E-state index is 0.324. The van der Waals surface area contributed by atoms with Crippen molar-refractivity contribution in [2.45, 2.75) is 45.1 Å². The summed E-state index contributed by atoms with van der Waals surface area (Å²) in [6.45, 7) is 6.21. The van der Waals surface area contributed by atoms with E-state index in [9.17, 15) is 9.90 Å². The van der Waals surface area contributed by atoms with Gasteiger partial charge in [0.2, 0.25) is 0 Å². The lowest BCUT2D eigenvalue weighted by molar-refractivity contribution is 0.0317. The molecular formula is C16H22O3. The maximum Gasteiger partial charge on any atom is 0.337 e. The molecule has 0 unspecified atom stereocenters. The summed E-state index contributed by atoms with van der Waals surface area (Å²) < 4.78 is 4.77. The van der Waals surface area contributed by atoms with Crippen LogP contribution in [0.25, 0.3) is 0 Å². The van der Waals surface area contributed by atoms with E-state index in [2.05, 4.69) is 13.8 Å². The minimum atomic E-state index is -0.796. The molecule has 19 heavy (non-hydrogen) atoms. The van der Waals surface area contributed by atoms with E-state index in [1.54, 1.807) is 6.07 Å². The fourth-order valence-electron chi connectivity index (χ4n) is 3.02. The van der Waals surface area contributed by atoms with Gasteiger partial charge in [0.25, 0.3) is 0 Å². The van der Waals surface area contributed by atoms with Gasteiger partial charge in [0.05, 0.1) is 18.3 Å². The zero-order valence-electron chi connectivity index (χ0n) is 12.1. The summed E-state index contributed by atoms with van der Waals surface area (Å²) in [5, 5.41) is 10.5. The predicted octanol–water partition coefficient (Wildman–Crippen LogP) is 3.21. The van der Waals surface area contributed by atoms with Crippen molar-refractivity contribution in [3.63, 3.8) is 0 Å². The van der Waals surface area contributed by atoms with E-state index in [0.717, 1.165) is 24.0 Å². The molecule has 1 N–H and O–H groups in total. The zero-order chi connectivity index (χ0) is 14.2. The highest BCUT2D eigenvalue weighted by Gasteiger charge is 2.35. The van der Waals surface area contributed by atoms with Crippen LogP contribution in [-0.2, 0) is 10.3 Å². The van der Waals surface area contributed by atoms with Crippen LogP contribution in [0.3, 0.4) is 0 Å². The van der Waals surface area contributed by atoms with Crippen molar-refractivity contribution in [2.75, 3.05) is 7.11 Å². The lowest BCUT2D eigenvalue weighted by Crippen LogP contribution is -2.30. The van der Waals surface area contributed by atoms with Crippen LogP contribution in [0.15, 0.2) is 18.2 Å². The summed E-state index contributed by atoms with van der Waals surface area (Å²) in [6.07, 6.45) is 1.71. The van der Waals surface area contributed by atoms with Crippen molar-refractivity contribution in [1.82, 2.24) is 0 Å². The van der Waals surface area contributed by atoms with Gasteiger partial charge in [-0.3, -0.25) is 0 Å². The molecule has 1 aromatic rings. The molecule has 0 fully saturated rings. The molecule has 3 heteroatoms. The topological polar surface area (TPSA) is 46.5 Å². The molecule has 2 atom stereocenters. The summed E-state index contributed by atoms with van der Waals surface area (Å²) in [5.74, 6) is 0.554. The van der Waals surface area contributed by atoms with Crippen LogP contribution in [0.5, 0.6) is 0 Å². The first-order chi connectivity index (χ1) is 8.86. The van der Waals surface area contributed by atoms with Gasteiger partial charge in [0, 0.05) is 0 Å². The second-order valence-corrected chi connectivity index (χ2v) is 5.96. The van der Waals surface area contributed by atoms with E-state index in [1.165, 1.54) is 7.11 Å². The van der Waals surface area contributed by atoms with Crippen LogP contribution in [0.4, 0.5) is 0 Å². The largest absolute Gasteiger partial charge is 0.465 e. The van der Waals surface area contributed by atoms with Gasteiger partial charge in [-0.25, -0.2) is 4.79 Å². The highest BCUT2D eigenvalue weighted by molar-refractivity contribution is 5.89. The second kappa shape index (κ2) is 4.97. The average Bonchev–Trinajstić information content (AvgIpc) is 2.36. The van der Waals surface area contributed by atoms with E-state index in [4.69, 9.17) is 4.74 Å². The van der Waals surface area contributed by atoms with Crippen molar-refractivity contribution in [2.24, 2.45) is 5.92 Å². The summed E-state index contributed by atoms with van der Waals surface area (Å²) in [4.78, 5) is 11.7. The molecule has 0 heterocycles. The third kappa shape index (κ3) is 2.52. The van der Waals surface area contributed by atoms with Gasteiger partial charge in [0.15, 0.2) is 0 Å². The molecule has 3 nitrogen and oxygen atoms in total. The number of carbonyl (C=O) groups is 1. The Kier molecular flexibility index (Phi) is 3.68. The number of carbonyl (C=O) groups excluding carboxylic acids is 1. The van der Waals surface area contributed by atoms with Gasteiger partial charge in [-0.05, 0) is 54.9 Å². The molecule has 0 aromatic heterocycles. The summed E-state index contributed by atoms with van der Waals surface area (Å²) >= 11 is 0. The van der Waals surface area contributed by atoms with Crippen LogP contribution in [-0.4, -0.2) is 18.2 Å². The lowest BCUT2D eigenvalue weighted by Gasteiger charge is -2.37. The molecule has 1 aromatic carbocycles. The molecule has 0 aliphatic heterocycles. The minimum Gasteiger partial charge on any atom is -0.465 e. The molecular weight excluding hydrogens is 240 g/mol. The maximum atomic E-state index is 11.7. The lowest BCUT2D eigenvalue weighted by atomic mass is 9.70. The summed E-state index contributed by atoms with van der Waals surface area (Å²) in [5.41, 5.74) is 1.80. The first kappa shape index (κ1) is 14.1. The number of hydrogen-bond acceptors (Lipinski definition) is 3. The number of benzene rings is 1. The monoisotopic (exact) mass is 262 g/mol. The third-order valence-electron chi connectivity index (χ3n) is 4.20. The number of aliphatic hydroxyl groups is 1. The fourth-order valence-corrected chi connectivity index (χ4v) is 3.02. The van der Waals surface area contributed by atoms with Gasteiger partial charge >= 0.3 is 5.97 Å². The van der Waals surface area contributed by atoms with Gasteiger partial charge in [0.1, 0.15) is 0 Å². The molecule has 1 aliphatic rings. The number of rotatable bonds is 2. The Morgan fingerprint density at radius 1 is 1.47 bits per heavy atom. The summed E-state index contributed by atoms with van der Waals surface area (Å²) in [6, 6.07) is 5.50. The van der Waals surface area contributed by atoms with E-state index in [0.29, 0.717) is 17.4 Å². The molecule has 0 amide bonds. The molecule has 0 bridgehead atoms. The molecule has 0 radical (unpaired) electrons. The van der Waals surface area contributed by atoms with Crippen molar-refractivity contribution < 1.29 is 14.6 Å². The molecule has 0 saturated heterocycles. The number of hydrogen-bond donors (Lipinski definition) is 1. The Labute approximate surface area is 114 Å². The quantitative estimate of drug-likeness (QED) is 0.832. The second-order valence-electron chi connectivity index (χ2n) is 5.96. The average molecular weight is 262 g/mol. The van der Waals surface area contributed by atoms with Crippen LogP contribution < -0.4 is 0 Å². The molecule has 2 rings (SSSR count). The molecule has 0 spiro atoms. The van der Waals surface area contributed by atoms with Gasteiger partial charge in [-0.15, -0.1) is 0 Å². The highest BCUT2D eigenvalue weighted by atomic mass is 16.5. The summed E-state index contributed by atoms with van der Waals surface area (Å²) in [7, 11) is 1.39. The van der Waals surface area contributed by atoms with Crippen LogP contribution in [0, 0.1) is 5.92 Å². The normalized spacial score (nSPS) is 26.1. The Balaban J connectivity index is 2.53. The Bertz CT molecular complexity index is 489. The number of methoxy groups -OCH3 is 1. The molecule has 0 saturated carbocycles. The van der Waals surface area contributed by atoms with Crippen molar-refractivity contribution in [3.8, 4) is 0 Å². The maximum absolute atomic E-state index is 11.7. The Morgan fingerprint density at radius 3 is 2.74 bits per heavy atom. The molecule has 104 valence electrons. The molecule has 1 aliphatic carbocycles. The van der Waals surface area contributed by atoms with Crippen LogP contribution in [0.1, 0.15) is 61.0 Å². The van der Waals surface area contributed by atoms with Crippen molar-refractivity contribution in [3.05, 3.63) is 34.9 Å². The van der Waals surface area contributed by atoms with E-state index in [1.807, 2.05) is 19.1 Å². The highest BCUT2D eigenvalue weighted by Crippen LogP contribution is 2.44. The predicted molar refractivity (Wildman–Crippen MR) is 74.2 cm³/mol. The smallest absolute Gasteiger partial charge is 0.337 e. The zero-order valence-corrected chi connectivity index (χ0v) is 12.1. The van der Waals surface area contributed by atoms with Gasteiger partial charge < -0.3 is 9.84 Å². The Morgan fingerprint density at radius 2 is 2.16 bits per heavy atom. The third-order valence-corrected chi connectivity index (χ3v) is 4.20. The van der Waals surface area contributed by atoms with Gasteiger partial charge in [-0.2, -0.15) is 0 Å². The van der Waals surface area contributed by atoms with Crippen LogP contribution in [0.2, 0.25) is 0 Å². The fraction of sp³-hybridized carbons (Fsp3) is 0.562.